The van der Waals surface area contributed by atoms with Gasteiger partial charge in [0.25, 0.3) is 0 Å². The van der Waals surface area contributed by atoms with Crippen LogP contribution in [0.2, 0.25) is 0 Å². The van der Waals surface area contributed by atoms with Crippen LogP contribution in [0, 0.1) is 0 Å². The van der Waals surface area contributed by atoms with E-state index in [0.717, 1.165) is 45.1 Å². The van der Waals surface area contributed by atoms with Gasteiger partial charge in [-0.3, -0.25) is 0 Å². The molecule has 0 radical (unpaired) electrons. The molecule has 1 aliphatic heterocycles. The number of anilines is 1. The Morgan fingerprint density at radius 2 is 2.22 bits per heavy atom. The summed E-state index contributed by atoms with van der Waals surface area (Å²) in [7, 11) is 2.03. The fourth-order valence-electron chi connectivity index (χ4n) is 1.98. The first-order valence-corrected chi connectivity index (χ1v) is 6.62. The number of aromatic nitrogens is 2. The molecule has 1 atom stereocenters. The first-order chi connectivity index (χ1) is 8.79. The fourth-order valence-corrected chi connectivity index (χ4v) is 1.98. The minimum absolute atomic E-state index is 0.455. The normalized spacial score (nSPS) is 19.8. The van der Waals surface area contributed by atoms with Gasteiger partial charge in [0, 0.05) is 38.6 Å². The van der Waals surface area contributed by atoms with Gasteiger partial charge >= 0.3 is 0 Å². The highest BCUT2D eigenvalue weighted by atomic mass is 16.5. The van der Waals surface area contributed by atoms with E-state index in [4.69, 9.17) is 4.74 Å². The molecule has 0 aliphatic carbocycles. The van der Waals surface area contributed by atoms with Crippen LogP contribution in [0.3, 0.4) is 0 Å². The quantitative estimate of drug-likeness (QED) is 0.840. The van der Waals surface area contributed by atoms with E-state index >= 15 is 0 Å². The first-order valence-electron chi connectivity index (χ1n) is 6.62. The molecule has 2 rings (SSSR count). The van der Waals surface area contributed by atoms with Crippen LogP contribution in [-0.2, 0) is 11.2 Å². The number of ether oxygens (including phenoxy) is 1. The van der Waals surface area contributed by atoms with Crippen LogP contribution < -0.4 is 10.2 Å². The summed E-state index contributed by atoms with van der Waals surface area (Å²) in [4.78, 5) is 10.8. The number of hydrogen-bond donors (Lipinski definition) is 1. The number of rotatable bonds is 5. The van der Waals surface area contributed by atoms with Crippen molar-refractivity contribution >= 4 is 5.95 Å². The second-order valence-electron chi connectivity index (χ2n) is 4.68. The molecule has 1 fully saturated rings. The molecule has 1 aromatic heterocycles. The maximum absolute atomic E-state index is 5.44. The minimum atomic E-state index is 0.455. The molecule has 5 heteroatoms. The number of hydrogen-bond acceptors (Lipinski definition) is 5. The van der Waals surface area contributed by atoms with Gasteiger partial charge < -0.3 is 15.0 Å². The molecule has 1 saturated heterocycles. The molecule has 0 bridgehead atoms. The van der Waals surface area contributed by atoms with Crippen molar-refractivity contribution in [3.05, 3.63) is 18.0 Å². The molecule has 1 N–H and O–H groups in total. The zero-order chi connectivity index (χ0) is 12.8. The SMILES string of the molecule is CCc1cnc(N(C)CCC2COCCN2)nc1. The maximum Gasteiger partial charge on any atom is 0.224 e. The molecular weight excluding hydrogens is 228 g/mol. The lowest BCUT2D eigenvalue weighted by Crippen LogP contribution is -2.43. The van der Waals surface area contributed by atoms with Crippen molar-refractivity contribution in [3.8, 4) is 0 Å². The summed E-state index contributed by atoms with van der Waals surface area (Å²) in [5.41, 5.74) is 1.18. The smallest absolute Gasteiger partial charge is 0.224 e. The molecule has 5 nitrogen and oxygen atoms in total. The third-order valence-electron chi connectivity index (χ3n) is 3.25. The Balaban J connectivity index is 1.80. The van der Waals surface area contributed by atoms with E-state index in [0.29, 0.717) is 6.04 Å². The molecule has 0 saturated carbocycles. The van der Waals surface area contributed by atoms with Gasteiger partial charge in [-0.05, 0) is 18.4 Å². The minimum Gasteiger partial charge on any atom is -0.379 e. The van der Waals surface area contributed by atoms with E-state index in [9.17, 15) is 0 Å². The molecule has 100 valence electrons. The van der Waals surface area contributed by atoms with Crippen molar-refractivity contribution in [2.45, 2.75) is 25.8 Å². The zero-order valence-corrected chi connectivity index (χ0v) is 11.2. The largest absolute Gasteiger partial charge is 0.379 e. The predicted molar refractivity (Wildman–Crippen MR) is 71.9 cm³/mol. The maximum atomic E-state index is 5.44. The standard InChI is InChI=1S/C13H22N4O/c1-3-11-8-15-13(16-9-11)17(2)6-4-12-10-18-7-5-14-12/h8-9,12,14H,3-7,10H2,1-2H3. The molecule has 0 aromatic carbocycles. The van der Waals surface area contributed by atoms with Crippen LogP contribution in [0.25, 0.3) is 0 Å². The summed E-state index contributed by atoms with van der Waals surface area (Å²) in [6, 6.07) is 0.455. The van der Waals surface area contributed by atoms with Crippen LogP contribution >= 0.6 is 0 Å². The Hall–Kier alpha value is -1.20. The average Bonchev–Trinajstić information content (AvgIpc) is 2.46. The van der Waals surface area contributed by atoms with Crippen molar-refractivity contribution in [1.29, 1.82) is 0 Å². The molecule has 0 spiro atoms. The van der Waals surface area contributed by atoms with Gasteiger partial charge in [0.1, 0.15) is 0 Å². The fraction of sp³-hybridized carbons (Fsp3) is 0.692. The Morgan fingerprint density at radius 1 is 1.44 bits per heavy atom. The van der Waals surface area contributed by atoms with E-state index in [-0.39, 0.29) is 0 Å². The summed E-state index contributed by atoms with van der Waals surface area (Å²) in [5, 5.41) is 3.45. The molecule has 0 amide bonds. The Labute approximate surface area is 109 Å². The topological polar surface area (TPSA) is 50.3 Å². The lowest BCUT2D eigenvalue weighted by molar-refractivity contribution is 0.0749. The van der Waals surface area contributed by atoms with E-state index in [1.54, 1.807) is 0 Å². The molecule has 2 heterocycles. The first kappa shape index (κ1) is 13.2. The van der Waals surface area contributed by atoms with Gasteiger partial charge in [-0.2, -0.15) is 0 Å². The lowest BCUT2D eigenvalue weighted by Gasteiger charge is -2.26. The molecule has 18 heavy (non-hydrogen) atoms. The molecule has 1 aromatic rings. The number of nitrogens with zero attached hydrogens (tertiary/aromatic N) is 3. The van der Waals surface area contributed by atoms with Crippen LogP contribution in [-0.4, -0.2) is 49.4 Å². The predicted octanol–water partition coefficient (Wildman–Crippen LogP) is 0.854. The van der Waals surface area contributed by atoms with Crippen LogP contribution in [0.4, 0.5) is 5.95 Å². The summed E-state index contributed by atoms with van der Waals surface area (Å²) in [5.74, 6) is 0.795. The van der Waals surface area contributed by atoms with E-state index in [1.807, 2.05) is 19.4 Å². The van der Waals surface area contributed by atoms with Crippen molar-refractivity contribution in [2.24, 2.45) is 0 Å². The Morgan fingerprint density at radius 3 is 2.83 bits per heavy atom. The lowest BCUT2D eigenvalue weighted by atomic mass is 10.2. The summed E-state index contributed by atoms with van der Waals surface area (Å²) < 4.78 is 5.44. The van der Waals surface area contributed by atoms with Gasteiger partial charge in [0.15, 0.2) is 0 Å². The van der Waals surface area contributed by atoms with Gasteiger partial charge in [-0.15, -0.1) is 0 Å². The van der Waals surface area contributed by atoms with E-state index in [2.05, 4.69) is 27.1 Å². The average molecular weight is 250 g/mol. The van der Waals surface area contributed by atoms with Crippen LogP contribution in [0.5, 0.6) is 0 Å². The van der Waals surface area contributed by atoms with Crippen molar-refractivity contribution < 1.29 is 4.74 Å². The zero-order valence-electron chi connectivity index (χ0n) is 11.2. The summed E-state index contributed by atoms with van der Waals surface area (Å²) in [6.07, 6.45) is 5.84. The Kier molecular flexibility index (Phi) is 4.90. The second kappa shape index (κ2) is 6.66. The van der Waals surface area contributed by atoms with E-state index in [1.165, 1.54) is 5.56 Å². The number of morpholine rings is 1. The van der Waals surface area contributed by atoms with Crippen molar-refractivity contribution in [1.82, 2.24) is 15.3 Å². The van der Waals surface area contributed by atoms with Gasteiger partial charge in [-0.25, -0.2) is 9.97 Å². The Bertz CT molecular complexity index is 349. The highest BCUT2D eigenvalue weighted by Crippen LogP contribution is 2.07. The molecule has 1 aliphatic rings. The third-order valence-corrected chi connectivity index (χ3v) is 3.25. The summed E-state index contributed by atoms with van der Waals surface area (Å²) >= 11 is 0. The summed E-state index contributed by atoms with van der Waals surface area (Å²) in [6.45, 7) is 5.64. The number of nitrogens with one attached hydrogen (secondary N) is 1. The molecular formula is C13H22N4O. The van der Waals surface area contributed by atoms with Gasteiger partial charge in [-0.1, -0.05) is 6.92 Å². The monoisotopic (exact) mass is 250 g/mol. The van der Waals surface area contributed by atoms with E-state index < -0.39 is 0 Å². The van der Waals surface area contributed by atoms with Crippen LogP contribution in [0.1, 0.15) is 18.9 Å². The second-order valence-corrected chi connectivity index (χ2v) is 4.68. The van der Waals surface area contributed by atoms with Gasteiger partial charge in [0.2, 0.25) is 5.95 Å². The van der Waals surface area contributed by atoms with Crippen molar-refractivity contribution in [3.63, 3.8) is 0 Å². The third kappa shape index (κ3) is 3.65. The van der Waals surface area contributed by atoms with Crippen molar-refractivity contribution in [2.75, 3.05) is 38.3 Å². The number of aryl methyl sites for hydroxylation is 1. The van der Waals surface area contributed by atoms with Crippen LogP contribution in [0.15, 0.2) is 12.4 Å². The molecule has 1 unspecified atom stereocenters. The van der Waals surface area contributed by atoms with Gasteiger partial charge in [0.05, 0.1) is 13.2 Å². The highest BCUT2D eigenvalue weighted by Gasteiger charge is 2.14. The highest BCUT2D eigenvalue weighted by molar-refractivity contribution is 5.28.